The van der Waals surface area contributed by atoms with Crippen LogP contribution in [-0.2, 0) is 6.42 Å². The Bertz CT molecular complexity index is 230. The first-order valence-electron chi connectivity index (χ1n) is 3.24. The highest BCUT2D eigenvalue weighted by Crippen LogP contribution is 2.19. The maximum absolute atomic E-state index is 12.9. The van der Waals surface area contributed by atoms with E-state index < -0.39 is 0 Å². The summed E-state index contributed by atoms with van der Waals surface area (Å²) in [7, 11) is 0. The number of hydrogen-bond acceptors (Lipinski definition) is 0. The lowest BCUT2D eigenvalue weighted by molar-refractivity contribution is 0.613. The van der Waals surface area contributed by atoms with Gasteiger partial charge in [0, 0.05) is 15.0 Å². The van der Waals surface area contributed by atoms with Crippen molar-refractivity contribution in [3.63, 3.8) is 0 Å². The first kappa shape index (κ1) is 9.26. The molecule has 0 bridgehead atoms. The molecule has 0 saturated heterocycles. The summed E-state index contributed by atoms with van der Waals surface area (Å²) in [5.74, 6) is -0.200. The fraction of sp³-hybridized carbons (Fsp3) is 0.250. The van der Waals surface area contributed by atoms with Gasteiger partial charge in [0.15, 0.2) is 0 Å². The Labute approximate surface area is 83.9 Å². The van der Waals surface area contributed by atoms with Crippen LogP contribution in [0.5, 0.6) is 0 Å². The lowest BCUT2D eigenvalue weighted by atomic mass is 10.1. The summed E-state index contributed by atoms with van der Waals surface area (Å²) in [6.07, 6.45) is 0.700. The van der Waals surface area contributed by atoms with Gasteiger partial charge in [-0.05, 0) is 18.6 Å². The molecule has 0 aliphatic carbocycles. The van der Waals surface area contributed by atoms with Crippen LogP contribution in [0.3, 0.4) is 0 Å². The van der Waals surface area contributed by atoms with Crippen molar-refractivity contribution in [1.29, 1.82) is 0 Å². The largest absolute Gasteiger partial charge is 0.207 e. The van der Waals surface area contributed by atoms with Crippen molar-refractivity contribution in [3.8, 4) is 0 Å². The van der Waals surface area contributed by atoms with E-state index in [1.165, 1.54) is 6.07 Å². The van der Waals surface area contributed by atoms with Gasteiger partial charge in [-0.25, -0.2) is 4.39 Å². The summed E-state index contributed by atoms with van der Waals surface area (Å²) in [6.45, 7) is 0. The van der Waals surface area contributed by atoms with Gasteiger partial charge in [-0.15, -0.1) is 0 Å². The van der Waals surface area contributed by atoms with E-state index in [2.05, 4.69) is 22.6 Å². The average Bonchev–Trinajstić information content (AvgIpc) is 1.97. The first-order valence-corrected chi connectivity index (χ1v) is 5.15. The lowest BCUT2D eigenvalue weighted by Crippen LogP contribution is -1.91. The highest BCUT2D eigenvalue weighted by molar-refractivity contribution is 14.1. The first-order chi connectivity index (χ1) is 5.25. The number of rotatable bonds is 2. The van der Waals surface area contributed by atoms with Crippen LogP contribution >= 0.6 is 34.2 Å². The summed E-state index contributed by atoms with van der Waals surface area (Å²) in [5, 5.41) is 0.529. The maximum atomic E-state index is 12.9. The minimum absolute atomic E-state index is 0.200. The average molecular weight is 284 g/mol. The highest BCUT2D eigenvalue weighted by atomic mass is 127. The van der Waals surface area contributed by atoms with Crippen molar-refractivity contribution in [2.75, 3.05) is 4.43 Å². The number of hydrogen-bond donors (Lipinski definition) is 0. The van der Waals surface area contributed by atoms with E-state index in [9.17, 15) is 4.39 Å². The third-order valence-corrected chi connectivity index (χ3v) is 2.30. The monoisotopic (exact) mass is 284 g/mol. The van der Waals surface area contributed by atoms with Crippen molar-refractivity contribution >= 4 is 34.2 Å². The normalized spacial score (nSPS) is 10.1. The summed E-state index contributed by atoms with van der Waals surface area (Å²) in [4.78, 5) is 0. The quantitative estimate of drug-likeness (QED) is 0.576. The Morgan fingerprint density at radius 2 is 2.18 bits per heavy atom. The molecule has 0 radical (unpaired) electrons. The van der Waals surface area contributed by atoms with E-state index in [1.54, 1.807) is 12.1 Å². The smallest absolute Gasteiger partial charge is 0.127 e. The number of halogens is 3. The third-order valence-electron chi connectivity index (χ3n) is 1.41. The predicted octanol–water partition coefficient (Wildman–Crippen LogP) is 3.46. The van der Waals surface area contributed by atoms with Gasteiger partial charge in [0.1, 0.15) is 5.82 Å². The second-order valence-corrected chi connectivity index (χ2v) is 3.63. The molecule has 0 heterocycles. The van der Waals surface area contributed by atoms with E-state index >= 15 is 0 Å². The summed E-state index contributed by atoms with van der Waals surface area (Å²) >= 11 is 7.96. The molecule has 11 heavy (non-hydrogen) atoms. The molecule has 0 aromatic heterocycles. The van der Waals surface area contributed by atoms with Crippen LogP contribution in [0.2, 0.25) is 5.02 Å². The molecule has 0 aliphatic heterocycles. The zero-order chi connectivity index (χ0) is 8.27. The van der Waals surface area contributed by atoms with E-state index in [0.717, 1.165) is 4.43 Å². The zero-order valence-electron chi connectivity index (χ0n) is 5.78. The third kappa shape index (κ3) is 2.30. The molecule has 60 valence electrons. The molecular formula is C8H7ClFI. The molecule has 0 N–H and O–H groups in total. The minimum Gasteiger partial charge on any atom is -0.207 e. The topological polar surface area (TPSA) is 0 Å². The van der Waals surface area contributed by atoms with Crippen molar-refractivity contribution in [2.45, 2.75) is 6.42 Å². The van der Waals surface area contributed by atoms with Crippen molar-refractivity contribution in [2.24, 2.45) is 0 Å². The van der Waals surface area contributed by atoms with Gasteiger partial charge in [-0.3, -0.25) is 0 Å². The van der Waals surface area contributed by atoms with E-state index in [4.69, 9.17) is 11.6 Å². The molecule has 0 atom stereocenters. The van der Waals surface area contributed by atoms with Gasteiger partial charge < -0.3 is 0 Å². The van der Waals surface area contributed by atoms with Crippen molar-refractivity contribution in [1.82, 2.24) is 0 Å². The van der Waals surface area contributed by atoms with E-state index in [1.807, 2.05) is 0 Å². The molecule has 0 amide bonds. The summed E-state index contributed by atoms with van der Waals surface area (Å²) in [5.41, 5.74) is 0.628. The SMILES string of the molecule is Fc1cccc(Cl)c1CCI. The van der Waals surface area contributed by atoms with Crippen molar-refractivity contribution < 1.29 is 4.39 Å². The standard InChI is InChI=1S/C8H7ClFI/c9-7-2-1-3-8(10)6(7)4-5-11/h1-3H,4-5H2. The van der Waals surface area contributed by atoms with Crippen LogP contribution in [0.1, 0.15) is 5.56 Å². The molecule has 0 nitrogen and oxygen atoms in total. The highest BCUT2D eigenvalue weighted by Gasteiger charge is 2.04. The van der Waals surface area contributed by atoms with E-state index in [-0.39, 0.29) is 5.82 Å². The second-order valence-electron chi connectivity index (χ2n) is 2.14. The van der Waals surface area contributed by atoms with Crippen LogP contribution in [0.25, 0.3) is 0 Å². The Hall–Kier alpha value is 0.170. The van der Waals surface area contributed by atoms with Gasteiger partial charge in [0.05, 0.1) is 0 Å². The Kier molecular flexibility index (Phi) is 3.59. The van der Waals surface area contributed by atoms with Crippen LogP contribution in [0.15, 0.2) is 18.2 Å². The van der Waals surface area contributed by atoms with E-state index in [0.29, 0.717) is 17.0 Å². The van der Waals surface area contributed by atoms with Crippen molar-refractivity contribution in [3.05, 3.63) is 34.6 Å². The molecule has 0 unspecified atom stereocenters. The maximum Gasteiger partial charge on any atom is 0.127 e. The van der Waals surface area contributed by atoms with Gasteiger partial charge in [0.2, 0.25) is 0 Å². The molecule has 0 spiro atoms. The van der Waals surface area contributed by atoms with Crippen LogP contribution < -0.4 is 0 Å². The Morgan fingerprint density at radius 1 is 1.45 bits per heavy atom. The van der Waals surface area contributed by atoms with Gasteiger partial charge >= 0.3 is 0 Å². The molecule has 0 saturated carbocycles. The molecule has 1 rings (SSSR count). The second kappa shape index (κ2) is 4.26. The summed E-state index contributed by atoms with van der Waals surface area (Å²) in [6, 6.07) is 4.77. The van der Waals surface area contributed by atoms with Gasteiger partial charge in [-0.2, -0.15) is 0 Å². The molecule has 1 aromatic carbocycles. The molecule has 0 fully saturated rings. The Balaban J connectivity index is 3.00. The zero-order valence-corrected chi connectivity index (χ0v) is 8.69. The van der Waals surface area contributed by atoms with Crippen LogP contribution in [0.4, 0.5) is 4.39 Å². The predicted molar refractivity (Wildman–Crippen MR) is 54.0 cm³/mol. The molecule has 1 aromatic rings. The fourth-order valence-electron chi connectivity index (χ4n) is 0.866. The Morgan fingerprint density at radius 3 is 2.73 bits per heavy atom. The molecule has 3 heteroatoms. The fourth-order valence-corrected chi connectivity index (χ4v) is 1.66. The number of alkyl halides is 1. The van der Waals surface area contributed by atoms with Crippen LogP contribution in [0, 0.1) is 5.82 Å². The molecular weight excluding hydrogens is 277 g/mol. The summed E-state index contributed by atoms with van der Waals surface area (Å²) < 4.78 is 13.8. The van der Waals surface area contributed by atoms with Gasteiger partial charge in [-0.1, -0.05) is 40.3 Å². The lowest BCUT2D eigenvalue weighted by Gasteiger charge is -2.01. The van der Waals surface area contributed by atoms with Gasteiger partial charge in [0.25, 0.3) is 0 Å². The minimum atomic E-state index is -0.200. The molecule has 0 aliphatic rings. The number of benzene rings is 1. The van der Waals surface area contributed by atoms with Crippen LogP contribution in [-0.4, -0.2) is 4.43 Å².